The van der Waals surface area contributed by atoms with Crippen LogP contribution in [-0.4, -0.2) is 24.5 Å². The molecule has 0 amide bonds. The van der Waals surface area contributed by atoms with Crippen molar-refractivity contribution in [3.8, 4) is 0 Å². The van der Waals surface area contributed by atoms with Crippen molar-refractivity contribution < 1.29 is 0 Å². The Balaban J connectivity index is 2.58. The van der Waals surface area contributed by atoms with Crippen molar-refractivity contribution in [2.24, 2.45) is 9.98 Å². The molecule has 0 aromatic heterocycles. The summed E-state index contributed by atoms with van der Waals surface area (Å²) in [7, 11) is 0. The van der Waals surface area contributed by atoms with Crippen molar-refractivity contribution in [1.29, 1.82) is 0 Å². The van der Waals surface area contributed by atoms with Crippen LogP contribution < -0.4 is 0 Å². The molecule has 1 heterocycles. The molecule has 0 atom stereocenters. The van der Waals surface area contributed by atoms with Crippen molar-refractivity contribution in [2.75, 3.05) is 13.1 Å². The Morgan fingerprint density at radius 1 is 1.57 bits per heavy atom. The molecule has 0 radical (unpaired) electrons. The minimum atomic E-state index is 0.520. The summed E-state index contributed by atoms with van der Waals surface area (Å²) in [5, 5.41) is 0.520. The molecule has 0 aromatic rings. The molecule has 3 heteroatoms. The van der Waals surface area contributed by atoms with Gasteiger partial charge in [-0.05, 0) is 0 Å². The first kappa shape index (κ1) is 4.78. The number of nitrogens with zero attached hydrogens (tertiary/aromatic N) is 2. The largest absolute Gasteiger partial charge is 0.288 e. The molecule has 0 spiro atoms. The normalized spacial score (nSPS) is 19.3. The highest BCUT2D eigenvalue weighted by Gasteiger charge is 1.90. The van der Waals surface area contributed by atoms with Gasteiger partial charge in [-0.3, -0.25) is 9.98 Å². The maximum Gasteiger partial charge on any atom is 0.141 e. The lowest BCUT2D eigenvalue weighted by atomic mass is 10.6. The number of hydrogen-bond acceptors (Lipinski definition) is 2. The predicted molar refractivity (Wildman–Crippen MR) is 31.5 cm³/mol. The first-order valence-electron chi connectivity index (χ1n) is 2.09. The summed E-state index contributed by atoms with van der Waals surface area (Å²) in [5.74, 6) is 0. The van der Waals surface area contributed by atoms with Crippen molar-refractivity contribution in [3.63, 3.8) is 0 Å². The first-order valence-corrected chi connectivity index (χ1v) is 2.47. The van der Waals surface area contributed by atoms with Crippen molar-refractivity contribution >= 4 is 23.0 Å². The van der Waals surface area contributed by atoms with E-state index in [2.05, 4.69) is 9.98 Å². The van der Waals surface area contributed by atoms with Crippen LogP contribution in [-0.2, 0) is 0 Å². The first-order chi connectivity index (χ1) is 3.39. The van der Waals surface area contributed by atoms with E-state index in [1.165, 1.54) is 0 Å². The molecule has 0 aromatic carbocycles. The Kier molecular flexibility index (Phi) is 1.42. The molecular formula is C4H5ClN2. The molecule has 0 fully saturated rings. The molecule has 1 aliphatic heterocycles. The van der Waals surface area contributed by atoms with Crippen LogP contribution in [0, 0.1) is 0 Å². The van der Waals surface area contributed by atoms with Crippen LogP contribution in [0.2, 0.25) is 0 Å². The van der Waals surface area contributed by atoms with Crippen LogP contribution in [0.15, 0.2) is 9.98 Å². The van der Waals surface area contributed by atoms with Crippen LogP contribution in [0.4, 0.5) is 0 Å². The zero-order chi connectivity index (χ0) is 5.11. The maximum absolute atomic E-state index is 5.42. The Hall–Kier alpha value is -0.370. The lowest BCUT2D eigenvalue weighted by Crippen LogP contribution is -2.01. The van der Waals surface area contributed by atoms with E-state index in [1.807, 2.05) is 0 Å². The lowest BCUT2D eigenvalue weighted by molar-refractivity contribution is 0.975. The molecule has 0 aliphatic carbocycles. The number of halogens is 1. The second-order valence-corrected chi connectivity index (χ2v) is 1.63. The second-order valence-electron chi connectivity index (χ2n) is 1.24. The fraction of sp³-hybridized carbons (Fsp3) is 0.500. The smallest absolute Gasteiger partial charge is 0.141 e. The molecule has 1 rings (SSSR count). The monoisotopic (exact) mass is 116 g/mol. The fourth-order valence-electron chi connectivity index (χ4n) is 0.395. The van der Waals surface area contributed by atoms with E-state index >= 15 is 0 Å². The van der Waals surface area contributed by atoms with E-state index < -0.39 is 0 Å². The summed E-state index contributed by atoms with van der Waals surface area (Å²) in [6.45, 7) is 1.53. The standard InChI is InChI=1S/C4H5ClN2/c5-4-3-6-1-2-7-4/h3H,1-2H2. The van der Waals surface area contributed by atoms with E-state index in [-0.39, 0.29) is 0 Å². The van der Waals surface area contributed by atoms with Gasteiger partial charge in [0.2, 0.25) is 0 Å². The number of aliphatic imine (C=N–C) groups is 2. The molecule has 0 saturated heterocycles. The fourth-order valence-corrected chi connectivity index (χ4v) is 0.549. The highest BCUT2D eigenvalue weighted by atomic mass is 35.5. The van der Waals surface area contributed by atoms with E-state index in [0.29, 0.717) is 5.17 Å². The Bertz CT molecular complexity index is 117. The van der Waals surface area contributed by atoms with Crippen molar-refractivity contribution in [3.05, 3.63) is 0 Å². The topological polar surface area (TPSA) is 24.7 Å². The summed E-state index contributed by atoms with van der Waals surface area (Å²) < 4.78 is 0. The number of hydrogen-bond donors (Lipinski definition) is 0. The third-order valence-electron chi connectivity index (χ3n) is 0.690. The molecule has 2 nitrogen and oxygen atoms in total. The molecule has 1 aliphatic rings. The van der Waals surface area contributed by atoms with Gasteiger partial charge in [0.25, 0.3) is 0 Å². The van der Waals surface area contributed by atoms with E-state index in [4.69, 9.17) is 11.6 Å². The third kappa shape index (κ3) is 1.27. The van der Waals surface area contributed by atoms with Crippen LogP contribution in [0.25, 0.3) is 0 Å². The van der Waals surface area contributed by atoms with Crippen LogP contribution in [0.5, 0.6) is 0 Å². The van der Waals surface area contributed by atoms with Gasteiger partial charge in [0, 0.05) is 0 Å². The molecular weight excluding hydrogens is 112 g/mol. The average molecular weight is 117 g/mol. The van der Waals surface area contributed by atoms with Gasteiger partial charge in [-0.15, -0.1) is 0 Å². The summed E-state index contributed by atoms with van der Waals surface area (Å²) in [6, 6.07) is 0. The highest BCUT2D eigenvalue weighted by molar-refractivity contribution is 6.80. The Morgan fingerprint density at radius 2 is 2.43 bits per heavy atom. The van der Waals surface area contributed by atoms with Crippen LogP contribution in [0.1, 0.15) is 0 Å². The number of rotatable bonds is 0. The lowest BCUT2D eigenvalue weighted by Gasteiger charge is -1.94. The average Bonchev–Trinajstić information content (AvgIpc) is 1.69. The van der Waals surface area contributed by atoms with Crippen LogP contribution in [0.3, 0.4) is 0 Å². The van der Waals surface area contributed by atoms with Gasteiger partial charge in [-0.1, -0.05) is 11.6 Å². The summed E-state index contributed by atoms with van der Waals surface area (Å²) in [4.78, 5) is 7.73. The Morgan fingerprint density at radius 3 is 2.71 bits per heavy atom. The van der Waals surface area contributed by atoms with Crippen molar-refractivity contribution in [1.82, 2.24) is 0 Å². The second kappa shape index (κ2) is 2.07. The van der Waals surface area contributed by atoms with Gasteiger partial charge in [-0.25, -0.2) is 0 Å². The third-order valence-corrected chi connectivity index (χ3v) is 0.907. The van der Waals surface area contributed by atoms with Crippen LogP contribution >= 0.6 is 11.6 Å². The van der Waals surface area contributed by atoms with E-state index in [1.54, 1.807) is 6.21 Å². The van der Waals surface area contributed by atoms with Gasteiger partial charge in [-0.2, -0.15) is 0 Å². The van der Waals surface area contributed by atoms with Gasteiger partial charge in [0.1, 0.15) is 5.17 Å². The zero-order valence-electron chi connectivity index (χ0n) is 3.76. The quantitative estimate of drug-likeness (QED) is 0.445. The van der Waals surface area contributed by atoms with Gasteiger partial charge in [0.05, 0.1) is 19.3 Å². The van der Waals surface area contributed by atoms with Gasteiger partial charge < -0.3 is 0 Å². The van der Waals surface area contributed by atoms with Crippen molar-refractivity contribution in [2.45, 2.75) is 0 Å². The predicted octanol–water partition coefficient (Wildman–Crippen LogP) is 0.708. The molecule has 0 unspecified atom stereocenters. The molecule has 0 saturated carbocycles. The SMILES string of the molecule is ClC1=NCCN=C1. The van der Waals surface area contributed by atoms with E-state index in [9.17, 15) is 0 Å². The summed E-state index contributed by atoms with van der Waals surface area (Å²) in [5.41, 5.74) is 0. The van der Waals surface area contributed by atoms with Gasteiger partial charge in [0.15, 0.2) is 0 Å². The molecule has 7 heavy (non-hydrogen) atoms. The van der Waals surface area contributed by atoms with E-state index in [0.717, 1.165) is 13.1 Å². The zero-order valence-corrected chi connectivity index (χ0v) is 4.52. The summed E-state index contributed by atoms with van der Waals surface area (Å²) in [6.07, 6.45) is 1.57. The minimum Gasteiger partial charge on any atom is -0.288 e. The minimum absolute atomic E-state index is 0.520. The maximum atomic E-state index is 5.42. The highest BCUT2D eigenvalue weighted by Crippen LogP contribution is 1.88. The van der Waals surface area contributed by atoms with Gasteiger partial charge >= 0.3 is 0 Å². The molecule has 0 bridgehead atoms. The Labute approximate surface area is 46.9 Å². The molecule has 0 N–H and O–H groups in total. The molecule has 38 valence electrons. The summed E-state index contributed by atoms with van der Waals surface area (Å²) >= 11 is 5.42.